The zero-order valence-corrected chi connectivity index (χ0v) is 14.3. The Morgan fingerprint density at radius 3 is 2.62 bits per heavy atom. The van der Waals surface area contributed by atoms with Crippen LogP contribution in [0.5, 0.6) is 11.5 Å². The molecule has 1 fully saturated rings. The number of fused-ring (bicyclic) bond motifs is 1. The van der Waals surface area contributed by atoms with E-state index in [1.54, 1.807) is 29.8 Å². The molecule has 0 radical (unpaired) electrons. The second kappa shape index (κ2) is 6.36. The van der Waals surface area contributed by atoms with Crippen LogP contribution in [0, 0.1) is 6.92 Å². The molecule has 8 nitrogen and oxygen atoms in total. The van der Waals surface area contributed by atoms with Gasteiger partial charge in [0.1, 0.15) is 5.56 Å². The van der Waals surface area contributed by atoms with E-state index in [1.165, 1.54) is 6.20 Å². The molecule has 2 aliphatic heterocycles. The van der Waals surface area contributed by atoms with E-state index in [1.807, 2.05) is 4.90 Å². The first-order chi connectivity index (χ1) is 12.5. The van der Waals surface area contributed by atoms with Crippen molar-refractivity contribution in [3.05, 3.63) is 41.2 Å². The topological polar surface area (TPSA) is 93.9 Å². The van der Waals surface area contributed by atoms with Gasteiger partial charge in [0, 0.05) is 18.7 Å². The maximum Gasteiger partial charge on any atom is 0.339 e. The van der Waals surface area contributed by atoms with E-state index in [0.29, 0.717) is 35.8 Å². The monoisotopic (exact) mass is 357 g/mol. The van der Waals surface area contributed by atoms with Crippen LogP contribution >= 0.6 is 0 Å². The van der Waals surface area contributed by atoms with Crippen LogP contribution in [0.15, 0.2) is 24.4 Å². The van der Waals surface area contributed by atoms with Crippen LogP contribution in [-0.4, -0.2) is 51.5 Å². The maximum absolute atomic E-state index is 12.7. The molecule has 1 amide bonds. The molecular formula is C18H19N3O5. The Balaban J connectivity index is 1.43. The van der Waals surface area contributed by atoms with Crippen molar-refractivity contribution >= 4 is 11.9 Å². The molecule has 0 aliphatic carbocycles. The van der Waals surface area contributed by atoms with Crippen molar-refractivity contribution in [1.82, 2.24) is 14.7 Å². The lowest BCUT2D eigenvalue weighted by molar-refractivity contribution is 0.0687. The van der Waals surface area contributed by atoms with E-state index in [2.05, 4.69) is 5.10 Å². The molecule has 2 aromatic rings. The highest BCUT2D eigenvalue weighted by Gasteiger charge is 2.28. The van der Waals surface area contributed by atoms with Gasteiger partial charge in [-0.15, -0.1) is 0 Å². The van der Waals surface area contributed by atoms with Gasteiger partial charge < -0.3 is 19.5 Å². The highest BCUT2D eigenvalue weighted by Crippen LogP contribution is 2.33. The van der Waals surface area contributed by atoms with Crippen molar-refractivity contribution in [3.8, 4) is 11.5 Å². The molecule has 0 saturated carbocycles. The molecule has 1 N–H and O–H groups in total. The van der Waals surface area contributed by atoms with Gasteiger partial charge in [-0.25, -0.2) is 4.79 Å². The summed E-state index contributed by atoms with van der Waals surface area (Å²) in [7, 11) is 0. The minimum absolute atomic E-state index is 0.0369. The van der Waals surface area contributed by atoms with Crippen LogP contribution in [0.4, 0.5) is 0 Å². The number of benzene rings is 1. The van der Waals surface area contributed by atoms with Crippen molar-refractivity contribution in [2.75, 3.05) is 19.9 Å². The number of carboxylic acid groups (broad SMARTS) is 1. The Kier molecular flexibility index (Phi) is 4.02. The van der Waals surface area contributed by atoms with Crippen LogP contribution in [0.3, 0.4) is 0 Å². The van der Waals surface area contributed by atoms with Crippen molar-refractivity contribution in [3.63, 3.8) is 0 Å². The normalized spacial score (nSPS) is 16.7. The number of likely N-dealkylation sites (tertiary alicyclic amines) is 1. The number of piperidine rings is 1. The van der Waals surface area contributed by atoms with Gasteiger partial charge in [0.15, 0.2) is 11.5 Å². The molecule has 2 aliphatic rings. The molecule has 0 atom stereocenters. The molecule has 1 aromatic heterocycles. The Bertz CT molecular complexity index is 868. The quantitative estimate of drug-likeness (QED) is 0.904. The van der Waals surface area contributed by atoms with Crippen LogP contribution in [0.1, 0.15) is 45.3 Å². The highest BCUT2D eigenvalue weighted by molar-refractivity contribution is 5.95. The predicted octanol–water partition coefficient (Wildman–Crippen LogP) is 2.10. The van der Waals surface area contributed by atoms with Crippen molar-refractivity contribution < 1.29 is 24.2 Å². The number of carboxylic acids is 1. The molecule has 1 saturated heterocycles. The summed E-state index contributed by atoms with van der Waals surface area (Å²) < 4.78 is 12.4. The second-order valence-corrected chi connectivity index (χ2v) is 6.48. The summed E-state index contributed by atoms with van der Waals surface area (Å²) in [5, 5.41) is 13.4. The summed E-state index contributed by atoms with van der Waals surface area (Å²) in [6, 6.07) is 5.32. The lowest BCUT2D eigenvalue weighted by Crippen LogP contribution is -2.39. The van der Waals surface area contributed by atoms with E-state index >= 15 is 0 Å². The van der Waals surface area contributed by atoms with Crippen LogP contribution in [0.25, 0.3) is 0 Å². The Morgan fingerprint density at radius 2 is 1.92 bits per heavy atom. The molecular weight excluding hydrogens is 338 g/mol. The minimum Gasteiger partial charge on any atom is -0.478 e. The van der Waals surface area contributed by atoms with E-state index in [4.69, 9.17) is 14.6 Å². The van der Waals surface area contributed by atoms with Gasteiger partial charge in [-0.2, -0.15) is 5.10 Å². The predicted molar refractivity (Wildman–Crippen MR) is 90.7 cm³/mol. The van der Waals surface area contributed by atoms with Gasteiger partial charge in [-0.3, -0.25) is 9.48 Å². The molecule has 3 heterocycles. The zero-order valence-electron chi connectivity index (χ0n) is 14.3. The van der Waals surface area contributed by atoms with Gasteiger partial charge in [0.25, 0.3) is 5.91 Å². The molecule has 0 unspecified atom stereocenters. The number of nitrogens with zero attached hydrogens (tertiary/aromatic N) is 3. The van der Waals surface area contributed by atoms with E-state index in [9.17, 15) is 9.59 Å². The third-order valence-corrected chi connectivity index (χ3v) is 4.99. The summed E-state index contributed by atoms with van der Waals surface area (Å²) in [6.45, 7) is 3.14. The molecule has 0 spiro atoms. The van der Waals surface area contributed by atoms with Gasteiger partial charge in [-0.1, -0.05) is 0 Å². The molecule has 136 valence electrons. The largest absolute Gasteiger partial charge is 0.478 e. The molecule has 1 aromatic carbocycles. The van der Waals surface area contributed by atoms with Gasteiger partial charge in [0.05, 0.1) is 17.9 Å². The lowest BCUT2D eigenvalue weighted by Gasteiger charge is -2.32. The van der Waals surface area contributed by atoms with E-state index in [0.717, 1.165) is 12.8 Å². The number of hydrogen-bond acceptors (Lipinski definition) is 5. The zero-order chi connectivity index (χ0) is 18.3. The third-order valence-electron chi connectivity index (χ3n) is 4.99. The molecule has 0 bridgehead atoms. The molecule has 4 rings (SSSR count). The average molecular weight is 357 g/mol. The minimum atomic E-state index is -0.968. The fourth-order valence-corrected chi connectivity index (χ4v) is 3.53. The molecule has 26 heavy (non-hydrogen) atoms. The van der Waals surface area contributed by atoms with Crippen molar-refractivity contribution in [2.45, 2.75) is 25.8 Å². The standard InChI is InChI=1S/C18H19N3O5/c1-11-14(18(23)24)9-19-21(11)13-4-6-20(7-5-13)17(22)12-2-3-15-16(8-12)26-10-25-15/h2-3,8-9,13H,4-7,10H2,1H3,(H,23,24). The summed E-state index contributed by atoms with van der Waals surface area (Å²) >= 11 is 0. The number of carbonyl (C=O) groups excluding carboxylic acids is 1. The number of hydrogen-bond donors (Lipinski definition) is 1. The Morgan fingerprint density at radius 1 is 1.19 bits per heavy atom. The van der Waals surface area contributed by atoms with Gasteiger partial charge in [-0.05, 0) is 38.0 Å². The van der Waals surface area contributed by atoms with Crippen LogP contribution < -0.4 is 9.47 Å². The fourth-order valence-electron chi connectivity index (χ4n) is 3.53. The number of rotatable bonds is 3. The summed E-state index contributed by atoms with van der Waals surface area (Å²) in [4.78, 5) is 25.7. The van der Waals surface area contributed by atoms with E-state index in [-0.39, 0.29) is 24.3 Å². The van der Waals surface area contributed by atoms with E-state index < -0.39 is 5.97 Å². The lowest BCUT2D eigenvalue weighted by atomic mass is 10.0. The summed E-state index contributed by atoms with van der Waals surface area (Å²) in [6.07, 6.45) is 2.86. The van der Waals surface area contributed by atoms with Crippen LogP contribution in [-0.2, 0) is 0 Å². The van der Waals surface area contributed by atoms with Gasteiger partial charge >= 0.3 is 5.97 Å². The summed E-state index contributed by atoms with van der Waals surface area (Å²) in [5.74, 6) is 0.247. The smallest absolute Gasteiger partial charge is 0.339 e. The fraction of sp³-hybridized carbons (Fsp3) is 0.389. The van der Waals surface area contributed by atoms with Gasteiger partial charge in [0.2, 0.25) is 6.79 Å². The Hall–Kier alpha value is -3.03. The van der Waals surface area contributed by atoms with Crippen molar-refractivity contribution in [2.24, 2.45) is 0 Å². The first-order valence-electron chi connectivity index (χ1n) is 8.51. The Labute approximate surface area is 149 Å². The van der Waals surface area contributed by atoms with Crippen molar-refractivity contribution in [1.29, 1.82) is 0 Å². The number of ether oxygens (including phenoxy) is 2. The number of aromatic carboxylic acids is 1. The SMILES string of the molecule is Cc1c(C(=O)O)cnn1C1CCN(C(=O)c2ccc3c(c2)OCO3)CC1. The third kappa shape index (κ3) is 2.77. The molecule has 8 heteroatoms. The number of amides is 1. The average Bonchev–Trinajstić information content (AvgIpc) is 3.27. The first kappa shape index (κ1) is 16.4. The number of aromatic nitrogens is 2. The summed E-state index contributed by atoms with van der Waals surface area (Å²) in [5.41, 5.74) is 1.46. The second-order valence-electron chi connectivity index (χ2n) is 6.48. The number of carbonyl (C=O) groups is 2. The first-order valence-corrected chi connectivity index (χ1v) is 8.51. The highest BCUT2D eigenvalue weighted by atomic mass is 16.7. The van der Waals surface area contributed by atoms with Crippen LogP contribution in [0.2, 0.25) is 0 Å². The maximum atomic E-state index is 12.7.